The van der Waals surface area contributed by atoms with Gasteiger partial charge in [-0.05, 0) is 35.7 Å². The summed E-state index contributed by atoms with van der Waals surface area (Å²) in [5, 5.41) is 5.89. The van der Waals surface area contributed by atoms with Crippen molar-refractivity contribution in [3.63, 3.8) is 0 Å². The first kappa shape index (κ1) is 13.6. The predicted octanol–water partition coefficient (Wildman–Crippen LogP) is 4.05. The molecule has 1 unspecified atom stereocenters. The van der Waals surface area contributed by atoms with Gasteiger partial charge in [0.15, 0.2) is 0 Å². The maximum Gasteiger partial charge on any atom is 0.251 e. The summed E-state index contributed by atoms with van der Waals surface area (Å²) in [4.78, 5) is 12.0. The highest BCUT2D eigenvalue weighted by atomic mass is 19.1. The second-order valence-electron chi connectivity index (χ2n) is 5.57. The van der Waals surface area contributed by atoms with E-state index in [4.69, 9.17) is 0 Å². The molecule has 3 nitrogen and oxygen atoms in total. The minimum Gasteiger partial charge on any atom is -0.370 e. The molecule has 4 heteroatoms. The molecule has 1 amide bonds. The maximum absolute atomic E-state index is 13.2. The number of hydrogen-bond donors (Lipinski definition) is 2. The summed E-state index contributed by atoms with van der Waals surface area (Å²) in [5.41, 5.74) is 3.43. The fourth-order valence-electron chi connectivity index (χ4n) is 2.51. The molecular formula is C17H17FN2O. The Morgan fingerprint density at radius 3 is 2.52 bits per heavy atom. The number of fused-ring (bicyclic) bond motifs is 1. The van der Waals surface area contributed by atoms with E-state index in [1.165, 1.54) is 17.7 Å². The van der Waals surface area contributed by atoms with Crippen LogP contribution in [0.4, 0.5) is 15.8 Å². The molecule has 0 bridgehead atoms. The minimum atomic E-state index is -0.481. The van der Waals surface area contributed by atoms with Crippen LogP contribution in [-0.4, -0.2) is 5.91 Å². The highest BCUT2D eigenvalue weighted by Crippen LogP contribution is 2.33. The Bertz CT molecular complexity index is 680. The molecule has 21 heavy (non-hydrogen) atoms. The standard InChI is InChI=1S/C17H17FN2O/c1-10(2)11-3-6-13(7-4-11)19-16-14-8-5-12(18)9-15(14)20-17(16)21/h3-10,16,19H,1-2H3,(H,20,21). The van der Waals surface area contributed by atoms with Crippen LogP contribution < -0.4 is 10.6 Å². The van der Waals surface area contributed by atoms with E-state index < -0.39 is 6.04 Å². The van der Waals surface area contributed by atoms with Crippen molar-refractivity contribution in [2.75, 3.05) is 10.6 Å². The molecule has 1 atom stereocenters. The van der Waals surface area contributed by atoms with Crippen LogP contribution in [0.2, 0.25) is 0 Å². The van der Waals surface area contributed by atoms with Crippen molar-refractivity contribution in [3.05, 3.63) is 59.4 Å². The van der Waals surface area contributed by atoms with Gasteiger partial charge in [0.2, 0.25) is 0 Å². The Balaban J connectivity index is 1.84. The van der Waals surface area contributed by atoms with Crippen molar-refractivity contribution in [1.82, 2.24) is 0 Å². The lowest BCUT2D eigenvalue weighted by atomic mass is 10.0. The SMILES string of the molecule is CC(C)c1ccc(NC2C(=O)Nc3cc(F)ccc32)cc1. The first-order valence-electron chi connectivity index (χ1n) is 7.01. The summed E-state index contributed by atoms with van der Waals surface area (Å²) in [6.45, 7) is 4.27. The first-order chi connectivity index (χ1) is 10.0. The van der Waals surface area contributed by atoms with E-state index in [-0.39, 0.29) is 11.7 Å². The molecule has 0 aliphatic carbocycles. The molecule has 1 heterocycles. The minimum absolute atomic E-state index is 0.163. The van der Waals surface area contributed by atoms with E-state index in [0.29, 0.717) is 11.6 Å². The van der Waals surface area contributed by atoms with Gasteiger partial charge in [0.1, 0.15) is 11.9 Å². The number of benzene rings is 2. The molecule has 0 radical (unpaired) electrons. The average molecular weight is 284 g/mol. The number of rotatable bonds is 3. The molecule has 1 aliphatic heterocycles. The zero-order valence-electron chi connectivity index (χ0n) is 12.0. The van der Waals surface area contributed by atoms with Gasteiger partial charge in [-0.25, -0.2) is 4.39 Å². The van der Waals surface area contributed by atoms with Gasteiger partial charge in [0.05, 0.1) is 0 Å². The Hall–Kier alpha value is -2.36. The van der Waals surface area contributed by atoms with Crippen molar-refractivity contribution < 1.29 is 9.18 Å². The molecule has 108 valence electrons. The van der Waals surface area contributed by atoms with Crippen LogP contribution in [0.15, 0.2) is 42.5 Å². The van der Waals surface area contributed by atoms with E-state index >= 15 is 0 Å². The summed E-state index contributed by atoms with van der Waals surface area (Å²) >= 11 is 0. The van der Waals surface area contributed by atoms with E-state index in [9.17, 15) is 9.18 Å². The number of hydrogen-bond acceptors (Lipinski definition) is 2. The third-order valence-electron chi connectivity index (χ3n) is 3.73. The van der Waals surface area contributed by atoms with E-state index in [1.807, 2.05) is 24.3 Å². The van der Waals surface area contributed by atoms with Crippen molar-refractivity contribution in [2.24, 2.45) is 0 Å². The van der Waals surface area contributed by atoms with Gasteiger partial charge in [-0.2, -0.15) is 0 Å². The molecule has 0 spiro atoms. The summed E-state index contributed by atoms with van der Waals surface area (Å²) in [5.74, 6) is -0.0444. The highest BCUT2D eigenvalue weighted by Gasteiger charge is 2.30. The van der Waals surface area contributed by atoms with Gasteiger partial charge in [0.25, 0.3) is 5.91 Å². The molecule has 0 aromatic heterocycles. The zero-order chi connectivity index (χ0) is 15.0. The second-order valence-corrected chi connectivity index (χ2v) is 5.57. The monoisotopic (exact) mass is 284 g/mol. The molecule has 0 saturated carbocycles. The number of halogens is 1. The molecule has 0 saturated heterocycles. The normalized spacial score (nSPS) is 16.8. The quantitative estimate of drug-likeness (QED) is 0.892. The van der Waals surface area contributed by atoms with Crippen LogP contribution in [-0.2, 0) is 4.79 Å². The summed E-state index contributed by atoms with van der Waals surface area (Å²) < 4.78 is 13.2. The van der Waals surface area contributed by atoms with Gasteiger partial charge in [-0.1, -0.05) is 32.0 Å². The zero-order valence-corrected chi connectivity index (χ0v) is 12.0. The van der Waals surface area contributed by atoms with Gasteiger partial charge >= 0.3 is 0 Å². The lowest BCUT2D eigenvalue weighted by Gasteiger charge is -2.14. The van der Waals surface area contributed by atoms with Crippen molar-refractivity contribution >= 4 is 17.3 Å². The van der Waals surface area contributed by atoms with Crippen molar-refractivity contribution in [2.45, 2.75) is 25.8 Å². The van der Waals surface area contributed by atoms with Crippen LogP contribution in [0.25, 0.3) is 0 Å². The lowest BCUT2D eigenvalue weighted by Crippen LogP contribution is -2.19. The third-order valence-corrected chi connectivity index (χ3v) is 3.73. The van der Waals surface area contributed by atoms with E-state index in [1.54, 1.807) is 6.07 Å². The maximum atomic E-state index is 13.2. The Morgan fingerprint density at radius 1 is 1.14 bits per heavy atom. The van der Waals surface area contributed by atoms with E-state index in [0.717, 1.165) is 11.3 Å². The lowest BCUT2D eigenvalue weighted by molar-refractivity contribution is -0.116. The van der Waals surface area contributed by atoms with Crippen molar-refractivity contribution in [3.8, 4) is 0 Å². The van der Waals surface area contributed by atoms with Crippen LogP contribution in [0.5, 0.6) is 0 Å². The first-order valence-corrected chi connectivity index (χ1v) is 7.01. The van der Waals surface area contributed by atoms with Crippen molar-refractivity contribution in [1.29, 1.82) is 0 Å². The van der Waals surface area contributed by atoms with Gasteiger partial charge in [-0.15, -0.1) is 0 Å². The molecule has 2 N–H and O–H groups in total. The predicted molar refractivity (Wildman–Crippen MR) is 81.9 cm³/mol. The summed E-state index contributed by atoms with van der Waals surface area (Å²) in [7, 11) is 0. The third kappa shape index (κ3) is 2.61. The number of carbonyl (C=O) groups excluding carboxylic acids is 1. The summed E-state index contributed by atoms with van der Waals surface area (Å²) in [6.07, 6.45) is 0. The average Bonchev–Trinajstić information content (AvgIpc) is 2.75. The Morgan fingerprint density at radius 2 is 1.86 bits per heavy atom. The molecule has 1 aliphatic rings. The highest BCUT2D eigenvalue weighted by molar-refractivity contribution is 6.04. The smallest absolute Gasteiger partial charge is 0.251 e. The number of carbonyl (C=O) groups is 1. The van der Waals surface area contributed by atoms with Crippen LogP contribution >= 0.6 is 0 Å². The van der Waals surface area contributed by atoms with Crippen LogP contribution in [0, 0.1) is 5.82 Å². The Labute approximate surface area is 123 Å². The largest absolute Gasteiger partial charge is 0.370 e. The van der Waals surface area contributed by atoms with Gasteiger partial charge in [0, 0.05) is 16.9 Å². The van der Waals surface area contributed by atoms with Crippen LogP contribution in [0.3, 0.4) is 0 Å². The number of anilines is 2. The van der Waals surface area contributed by atoms with Gasteiger partial charge < -0.3 is 10.6 Å². The second kappa shape index (κ2) is 5.20. The topological polar surface area (TPSA) is 41.1 Å². The number of nitrogens with one attached hydrogen (secondary N) is 2. The fraction of sp³-hybridized carbons (Fsp3) is 0.235. The van der Waals surface area contributed by atoms with Gasteiger partial charge in [-0.3, -0.25) is 4.79 Å². The molecule has 3 rings (SSSR count). The van der Waals surface area contributed by atoms with E-state index in [2.05, 4.69) is 24.5 Å². The number of amides is 1. The molecule has 2 aromatic carbocycles. The Kier molecular flexibility index (Phi) is 3.37. The molecule has 0 fully saturated rings. The molecular weight excluding hydrogens is 267 g/mol. The molecule has 2 aromatic rings. The van der Waals surface area contributed by atoms with Crippen LogP contribution in [0.1, 0.15) is 36.9 Å². The summed E-state index contributed by atoms with van der Waals surface area (Å²) in [6, 6.07) is 11.9. The fourth-order valence-corrected chi connectivity index (χ4v) is 2.51.